The summed E-state index contributed by atoms with van der Waals surface area (Å²) < 4.78 is 10.9. The number of anilines is 1. The standard InChI is InChI=1S/C25H23N3O3/c1-15-10-11-18(12-20(15)28-25(29)17-8-6-5-7-9-17)24-19-13-22(30-3)23(31-4)14-21(19)26-16(2)27-24/h5-14H,1-4H3,(H,28,29). The zero-order chi connectivity index (χ0) is 22.0. The average molecular weight is 413 g/mol. The van der Waals surface area contributed by atoms with Crippen LogP contribution in [0, 0.1) is 13.8 Å². The van der Waals surface area contributed by atoms with Crippen molar-refractivity contribution in [1.29, 1.82) is 0 Å². The number of ether oxygens (including phenoxy) is 2. The van der Waals surface area contributed by atoms with Gasteiger partial charge in [-0.3, -0.25) is 4.79 Å². The average Bonchev–Trinajstić information content (AvgIpc) is 2.79. The zero-order valence-electron chi connectivity index (χ0n) is 17.9. The largest absolute Gasteiger partial charge is 0.493 e. The number of nitrogens with zero attached hydrogens (tertiary/aromatic N) is 2. The smallest absolute Gasteiger partial charge is 0.255 e. The number of hydrogen-bond acceptors (Lipinski definition) is 5. The molecule has 6 heteroatoms. The van der Waals surface area contributed by atoms with Crippen LogP contribution in [0.25, 0.3) is 22.2 Å². The van der Waals surface area contributed by atoms with Gasteiger partial charge in [-0.15, -0.1) is 0 Å². The fourth-order valence-corrected chi connectivity index (χ4v) is 3.48. The molecule has 0 saturated carbocycles. The van der Waals surface area contributed by atoms with E-state index in [0.717, 1.165) is 33.4 Å². The van der Waals surface area contributed by atoms with Gasteiger partial charge in [-0.2, -0.15) is 0 Å². The third-order valence-corrected chi connectivity index (χ3v) is 5.11. The fourth-order valence-electron chi connectivity index (χ4n) is 3.48. The van der Waals surface area contributed by atoms with Crippen LogP contribution in [0.15, 0.2) is 60.7 Å². The minimum Gasteiger partial charge on any atom is -0.493 e. The van der Waals surface area contributed by atoms with Crippen LogP contribution in [-0.4, -0.2) is 30.1 Å². The molecule has 1 aromatic heterocycles. The molecule has 0 radical (unpaired) electrons. The van der Waals surface area contributed by atoms with E-state index < -0.39 is 0 Å². The molecule has 0 aliphatic rings. The van der Waals surface area contributed by atoms with Crippen LogP contribution in [0.2, 0.25) is 0 Å². The summed E-state index contributed by atoms with van der Waals surface area (Å²) in [6.07, 6.45) is 0. The second kappa shape index (κ2) is 8.44. The highest BCUT2D eigenvalue weighted by atomic mass is 16.5. The third kappa shape index (κ3) is 4.05. The number of carbonyl (C=O) groups is 1. The van der Waals surface area contributed by atoms with Crippen LogP contribution < -0.4 is 14.8 Å². The third-order valence-electron chi connectivity index (χ3n) is 5.11. The maximum Gasteiger partial charge on any atom is 0.255 e. The van der Waals surface area contributed by atoms with Gasteiger partial charge in [0.05, 0.1) is 25.4 Å². The Kier molecular flexibility index (Phi) is 5.54. The Morgan fingerprint density at radius 3 is 2.29 bits per heavy atom. The minimum atomic E-state index is -0.156. The predicted molar refractivity (Wildman–Crippen MR) is 122 cm³/mol. The van der Waals surface area contributed by atoms with Crippen molar-refractivity contribution in [2.45, 2.75) is 13.8 Å². The molecule has 4 rings (SSSR count). The van der Waals surface area contributed by atoms with Crippen molar-refractivity contribution in [2.24, 2.45) is 0 Å². The zero-order valence-corrected chi connectivity index (χ0v) is 17.9. The number of benzene rings is 3. The van der Waals surface area contributed by atoms with Crippen LogP contribution in [-0.2, 0) is 0 Å². The molecule has 3 aromatic carbocycles. The normalized spacial score (nSPS) is 10.7. The van der Waals surface area contributed by atoms with Crippen molar-refractivity contribution in [3.8, 4) is 22.8 Å². The van der Waals surface area contributed by atoms with Crippen LogP contribution in [0.3, 0.4) is 0 Å². The van der Waals surface area contributed by atoms with E-state index in [1.165, 1.54) is 0 Å². The van der Waals surface area contributed by atoms with Crippen LogP contribution in [0.4, 0.5) is 5.69 Å². The Balaban J connectivity index is 1.81. The summed E-state index contributed by atoms with van der Waals surface area (Å²) in [6.45, 7) is 3.81. The maximum absolute atomic E-state index is 12.7. The van der Waals surface area contributed by atoms with Crippen LogP contribution in [0.1, 0.15) is 21.7 Å². The van der Waals surface area contributed by atoms with Gasteiger partial charge in [0, 0.05) is 28.3 Å². The predicted octanol–water partition coefficient (Wildman–Crippen LogP) is 5.18. The molecule has 6 nitrogen and oxygen atoms in total. The van der Waals surface area contributed by atoms with Gasteiger partial charge in [-0.05, 0) is 43.7 Å². The Morgan fingerprint density at radius 1 is 0.871 bits per heavy atom. The van der Waals surface area contributed by atoms with E-state index >= 15 is 0 Å². The van der Waals surface area contributed by atoms with Gasteiger partial charge in [0.25, 0.3) is 5.91 Å². The number of nitrogens with one attached hydrogen (secondary N) is 1. The van der Waals surface area contributed by atoms with Crippen molar-refractivity contribution in [2.75, 3.05) is 19.5 Å². The summed E-state index contributed by atoms with van der Waals surface area (Å²) in [7, 11) is 3.20. The van der Waals surface area contributed by atoms with E-state index in [1.807, 2.05) is 62.4 Å². The first-order valence-corrected chi connectivity index (χ1v) is 9.88. The SMILES string of the molecule is COc1cc2nc(C)nc(-c3ccc(C)c(NC(=O)c4ccccc4)c3)c2cc1OC. The molecule has 1 amide bonds. The number of fused-ring (bicyclic) bond motifs is 1. The summed E-state index contributed by atoms with van der Waals surface area (Å²) in [6, 6.07) is 18.8. The molecule has 0 unspecified atom stereocenters. The highest BCUT2D eigenvalue weighted by Crippen LogP contribution is 2.36. The van der Waals surface area contributed by atoms with Crippen molar-refractivity contribution in [3.05, 3.63) is 77.6 Å². The molecule has 0 bridgehead atoms. The molecule has 0 saturated heterocycles. The lowest BCUT2D eigenvalue weighted by Gasteiger charge is -2.14. The van der Waals surface area contributed by atoms with Gasteiger partial charge in [0.2, 0.25) is 0 Å². The topological polar surface area (TPSA) is 73.3 Å². The number of carbonyl (C=O) groups excluding carboxylic acids is 1. The van der Waals surface area contributed by atoms with Crippen molar-refractivity contribution in [3.63, 3.8) is 0 Å². The number of aromatic nitrogens is 2. The highest BCUT2D eigenvalue weighted by molar-refractivity contribution is 6.05. The lowest BCUT2D eigenvalue weighted by molar-refractivity contribution is 0.102. The molecule has 1 N–H and O–H groups in total. The number of aryl methyl sites for hydroxylation is 2. The monoisotopic (exact) mass is 413 g/mol. The van der Waals surface area contributed by atoms with E-state index in [2.05, 4.69) is 10.3 Å². The first kappa shape index (κ1) is 20.3. The summed E-state index contributed by atoms with van der Waals surface area (Å²) in [4.78, 5) is 21.9. The van der Waals surface area contributed by atoms with Gasteiger partial charge in [-0.1, -0.05) is 30.3 Å². The maximum atomic E-state index is 12.7. The molecular formula is C25H23N3O3. The van der Waals surface area contributed by atoms with Crippen LogP contribution in [0.5, 0.6) is 11.5 Å². The Morgan fingerprint density at radius 2 is 1.58 bits per heavy atom. The van der Waals surface area contributed by atoms with E-state index in [9.17, 15) is 4.79 Å². The second-order valence-corrected chi connectivity index (χ2v) is 7.19. The molecule has 0 spiro atoms. The number of hydrogen-bond donors (Lipinski definition) is 1. The quantitative estimate of drug-likeness (QED) is 0.488. The lowest BCUT2D eigenvalue weighted by Crippen LogP contribution is -2.12. The van der Waals surface area contributed by atoms with Crippen LogP contribution >= 0.6 is 0 Å². The molecule has 0 aliphatic carbocycles. The summed E-state index contributed by atoms with van der Waals surface area (Å²) in [5.41, 5.74) is 4.69. The molecule has 1 heterocycles. The summed E-state index contributed by atoms with van der Waals surface area (Å²) >= 11 is 0. The molecule has 156 valence electrons. The fraction of sp³-hybridized carbons (Fsp3) is 0.160. The molecule has 0 aliphatic heterocycles. The summed E-state index contributed by atoms with van der Waals surface area (Å²) in [5, 5.41) is 3.85. The van der Waals surface area contributed by atoms with Gasteiger partial charge in [0.15, 0.2) is 11.5 Å². The Hall–Kier alpha value is -3.93. The second-order valence-electron chi connectivity index (χ2n) is 7.19. The first-order chi connectivity index (χ1) is 15.0. The van der Waals surface area contributed by atoms with E-state index in [4.69, 9.17) is 14.5 Å². The van der Waals surface area contributed by atoms with Crippen molar-refractivity contribution < 1.29 is 14.3 Å². The molecule has 0 atom stereocenters. The number of methoxy groups -OCH3 is 2. The minimum absolute atomic E-state index is 0.156. The molecule has 4 aromatic rings. The number of amides is 1. The van der Waals surface area contributed by atoms with Gasteiger partial charge in [0.1, 0.15) is 5.82 Å². The number of rotatable bonds is 5. The Bertz CT molecular complexity index is 1270. The highest BCUT2D eigenvalue weighted by Gasteiger charge is 2.15. The molecule has 0 fully saturated rings. The van der Waals surface area contributed by atoms with Gasteiger partial charge in [-0.25, -0.2) is 9.97 Å². The van der Waals surface area contributed by atoms with E-state index in [0.29, 0.717) is 22.9 Å². The first-order valence-electron chi connectivity index (χ1n) is 9.88. The van der Waals surface area contributed by atoms with Gasteiger partial charge >= 0.3 is 0 Å². The van der Waals surface area contributed by atoms with Crippen molar-refractivity contribution in [1.82, 2.24) is 9.97 Å². The van der Waals surface area contributed by atoms with Crippen molar-refractivity contribution >= 4 is 22.5 Å². The molecular weight excluding hydrogens is 390 g/mol. The molecule has 31 heavy (non-hydrogen) atoms. The van der Waals surface area contributed by atoms with Gasteiger partial charge < -0.3 is 14.8 Å². The Labute approximate surface area is 180 Å². The lowest BCUT2D eigenvalue weighted by atomic mass is 10.0. The van der Waals surface area contributed by atoms with E-state index in [1.54, 1.807) is 26.4 Å². The van der Waals surface area contributed by atoms with E-state index in [-0.39, 0.29) is 5.91 Å². The summed E-state index contributed by atoms with van der Waals surface area (Å²) in [5.74, 6) is 1.70.